The molecule has 0 N–H and O–H groups in total. The zero-order valence-corrected chi connectivity index (χ0v) is 12.0. The second-order valence-corrected chi connectivity index (χ2v) is 4.76. The molecule has 0 aliphatic heterocycles. The number of halogens is 1. The fraction of sp³-hybridized carbons (Fsp3) is 0.133. The number of carbonyl (C=O) groups is 1. The van der Waals surface area contributed by atoms with E-state index >= 15 is 0 Å². The van der Waals surface area contributed by atoms with Crippen molar-refractivity contribution in [2.24, 2.45) is 0 Å². The fourth-order valence-corrected chi connectivity index (χ4v) is 2.12. The van der Waals surface area contributed by atoms with Gasteiger partial charge in [-0.15, -0.1) is 0 Å². The van der Waals surface area contributed by atoms with E-state index in [9.17, 15) is 4.79 Å². The van der Waals surface area contributed by atoms with Gasteiger partial charge in [0.05, 0.1) is 12.7 Å². The van der Waals surface area contributed by atoms with Crippen molar-refractivity contribution in [3.05, 3.63) is 64.1 Å². The predicted molar refractivity (Wildman–Crippen MR) is 76.3 cm³/mol. The lowest BCUT2D eigenvalue weighted by molar-refractivity contribution is 0.0599. The lowest BCUT2D eigenvalue weighted by atomic mass is 10.2. The van der Waals surface area contributed by atoms with E-state index in [1.54, 1.807) is 18.2 Å². The van der Waals surface area contributed by atoms with Crippen LogP contribution in [0.25, 0.3) is 0 Å². The fourth-order valence-electron chi connectivity index (χ4n) is 1.60. The van der Waals surface area contributed by atoms with Crippen molar-refractivity contribution in [3.8, 4) is 5.75 Å². The van der Waals surface area contributed by atoms with Crippen molar-refractivity contribution in [1.29, 1.82) is 0 Å². The highest BCUT2D eigenvalue weighted by molar-refractivity contribution is 9.10. The molecule has 0 heterocycles. The van der Waals surface area contributed by atoms with Crippen LogP contribution in [-0.2, 0) is 11.3 Å². The van der Waals surface area contributed by atoms with Crippen LogP contribution in [0, 0.1) is 0 Å². The summed E-state index contributed by atoms with van der Waals surface area (Å²) < 4.78 is 11.0. The molecule has 0 spiro atoms. The lowest BCUT2D eigenvalue weighted by Crippen LogP contribution is -2.02. The maximum Gasteiger partial charge on any atom is 0.339 e. The second kappa shape index (κ2) is 6.38. The van der Waals surface area contributed by atoms with Crippen LogP contribution < -0.4 is 4.74 Å². The molecule has 0 saturated carbocycles. The Morgan fingerprint density at radius 3 is 2.53 bits per heavy atom. The number of benzene rings is 2. The van der Waals surface area contributed by atoms with Gasteiger partial charge in [-0.2, -0.15) is 0 Å². The van der Waals surface area contributed by atoms with Crippen molar-refractivity contribution in [1.82, 2.24) is 0 Å². The first kappa shape index (κ1) is 13.6. The van der Waals surface area contributed by atoms with Gasteiger partial charge >= 0.3 is 5.97 Å². The summed E-state index contributed by atoms with van der Waals surface area (Å²) in [7, 11) is 1.36. The molecule has 0 atom stereocenters. The monoisotopic (exact) mass is 320 g/mol. The highest BCUT2D eigenvalue weighted by Crippen LogP contribution is 2.24. The van der Waals surface area contributed by atoms with Gasteiger partial charge in [-0.25, -0.2) is 4.79 Å². The van der Waals surface area contributed by atoms with Crippen molar-refractivity contribution >= 4 is 21.9 Å². The molecule has 3 nitrogen and oxygen atoms in total. The topological polar surface area (TPSA) is 35.5 Å². The predicted octanol–water partition coefficient (Wildman–Crippen LogP) is 3.81. The molecule has 0 amide bonds. The molecule has 4 heteroatoms. The molecule has 0 unspecified atom stereocenters. The molecule has 0 saturated heterocycles. The molecule has 2 aromatic rings. The number of methoxy groups -OCH3 is 1. The lowest BCUT2D eigenvalue weighted by Gasteiger charge is -2.08. The SMILES string of the molecule is COC(=O)c1ccc(OCc2ccccc2)cc1Br. The van der Waals surface area contributed by atoms with Crippen LogP contribution in [0.2, 0.25) is 0 Å². The minimum atomic E-state index is -0.374. The molecular weight excluding hydrogens is 308 g/mol. The van der Waals surface area contributed by atoms with E-state index < -0.39 is 0 Å². The maximum atomic E-state index is 11.4. The van der Waals surface area contributed by atoms with Crippen LogP contribution in [0.1, 0.15) is 15.9 Å². The maximum absolute atomic E-state index is 11.4. The molecular formula is C15H13BrO3. The summed E-state index contributed by atoms with van der Waals surface area (Å²) in [5, 5.41) is 0. The number of esters is 1. The first-order chi connectivity index (χ1) is 9.20. The molecule has 0 aliphatic rings. The Morgan fingerprint density at radius 1 is 1.16 bits per heavy atom. The smallest absolute Gasteiger partial charge is 0.339 e. The van der Waals surface area contributed by atoms with Crippen molar-refractivity contribution < 1.29 is 14.3 Å². The Balaban J connectivity index is 2.06. The Kier molecular flexibility index (Phi) is 4.58. The molecule has 0 radical (unpaired) electrons. The summed E-state index contributed by atoms with van der Waals surface area (Å²) >= 11 is 3.33. The van der Waals surface area contributed by atoms with E-state index in [0.29, 0.717) is 22.4 Å². The van der Waals surface area contributed by atoms with Crippen molar-refractivity contribution in [2.75, 3.05) is 7.11 Å². The molecule has 0 fully saturated rings. The zero-order chi connectivity index (χ0) is 13.7. The van der Waals surface area contributed by atoms with E-state index in [2.05, 4.69) is 20.7 Å². The number of hydrogen-bond acceptors (Lipinski definition) is 3. The van der Waals surface area contributed by atoms with E-state index in [0.717, 1.165) is 5.56 Å². The van der Waals surface area contributed by atoms with Gasteiger partial charge in [-0.3, -0.25) is 0 Å². The van der Waals surface area contributed by atoms with E-state index in [-0.39, 0.29) is 5.97 Å². The van der Waals surface area contributed by atoms with E-state index in [4.69, 9.17) is 4.74 Å². The summed E-state index contributed by atoms with van der Waals surface area (Å²) in [4.78, 5) is 11.4. The highest BCUT2D eigenvalue weighted by Gasteiger charge is 2.10. The van der Waals surface area contributed by atoms with Crippen LogP contribution in [0.5, 0.6) is 5.75 Å². The van der Waals surface area contributed by atoms with Crippen LogP contribution in [0.15, 0.2) is 53.0 Å². The van der Waals surface area contributed by atoms with Gasteiger partial charge in [0, 0.05) is 4.47 Å². The van der Waals surface area contributed by atoms with Gasteiger partial charge in [0.1, 0.15) is 12.4 Å². The number of hydrogen-bond donors (Lipinski definition) is 0. The summed E-state index contributed by atoms with van der Waals surface area (Å²) in [6.45, 7) is 0.491. The minimum Gasteiger partial charge on any atom is -0.489 e. The standard InChI is InChI=1S/C15H13BrO3/c1-18-15(17)13-8-7-12(9-14(13)16)19-10-11-5-3-2-4-6-11/h2-9H,10H2,1H3. The van der Waals surface area contributed by atoms with Crippen LogP contribution >= 0.6 is 15.9 Å². The third kappa shape index (κ3) is 3.58. The quantitative estimate of drug-likeness (QED) is 0.803. The second-order valence-electron chi connectivity index (χ2n) is 3.91. The van der Waals surface area contributed by atoms with Gasteiger partial charge in [-0.1, -0.05) is 30.3 Å². The van der Waals surface area contributed by atoms with Crippen LogP contribution in [0.4, 0.5) is 0 Å². The largest absolute Gasteiger partial charge is 0.489 e. The molecule has 98 valence electrons. The number of ether oxygens (including phenoxy) is 2. The first-order valence-electron chi connectivity index (χ1n) is 5.75. The molecule has 2 rings (SSSR count). The van der Waals surface area contributed by atoms with Gasteiger partial charge in [0.2, 0.25) is 0 Å². The number of carbonyl (C=O) groups excluding carboxylic acids is 1. The normalized spacial score (nSPS) is 10.0. The average Bonchev–Trinajstić information content (AvgIpc) is 2.45. The molecule has 0 aliphatic carbocycles. The van der Waals surface area contributed by atoms with Gasteiger partial charge in [-0.05, 0) is 39.7 Å². The third-order valence-corrected chi connectivity index (χ3v) is 3.25. The van der Waals surface area contributed by atoms with Gasteiger partial charge in [0.15, 0.2) is 0 Å². The minimum absolute atomic E-state index is 0.374. The molecule has 0 bridgehead atoms. The zero-order valence-electron chi connectivity index (χ0n) is 10.4. The first-order valence-corrected chi connectivity index (χ1v) is 6.54. The summed E-state index contributed by atoms with van der Waals surface area (Å²) in [6.07, 6.45) is 0. The van der Waals surface area contributed by atoms with E-state index in [1.807, 2.05) is 30.3 Å². The van der Waals surface area contributed by atoms with Crippen LogP contribution in [-0.4, -0.2) is 13.1 Å². The third-order valence-electron chi connectivity index (χ3n) is 2.59. The summed E-state index contributed by atoms with van der Waals surface area (Å²) in [5.74, 6) is 0.324. The van der Waals surface area contributed by atoms with E-state index in [1.165, 1.54) is 7.11 Å². The van der Waals surface area contributed by atoms with Crippen molar-refractivity contribution in [3.63, 3.8) is 0 Å². The Hall–Kier alpha value is -1.81. The molecule has 0 aromatic heterocycles. The average molecular weight is 321 g/mol. The Bertz CT molecular complexity index is 567. The molecule has 2 aromatic carbocycles. The Morgan fingerprint density at radius 2 is 1.89 bits per heavy atom. The Labute approximate surface area is 120 Å². The summed E-state index contributed by atoms with van der Waals surface area (Å²) in [5.41, 5.74) is 1.57. The van der Waals surface area contributed by atoms with Gasteiger partial charge < -0.3 is 9.47 Å². The van der Waals surface area contributed by atoms with Gasteiger partial charge in [0.25, 0.3) is 0 Å². The van der Waals surface area contributed by atoms with Crippen LogP contribution in [0.3, 0.4) is 0 Å². The molecule has 19 heavy (non-hydrogen) atoms. The highest BCUT2D eigenvalue weighted by atomic mass is 79.9. The van der Waals surface area contributed by atoms with Crippen molar-refractivity contribution in [2.45, 2.75) is 6.61 Å². The number of rotatable bonds is 4. The summed E-state index contributed by atoms with van der Waals surface area (Å²) in [6, 6.07) is 15.1.